The van der Waals surface area contributed by atoms with E-state index in [1.807, 2.05) is 0 Å². The lowest BCUT2D eigenvalue weighted by Gasteiger charge is -2.27. The summed E-state index contributed by atoms with van der Waals surface area (Å²) in [6, 6.07) is 7.66. The van der Waals surface area contributed by atoms with Crippen molar-refractivity contribution < 1.29 is 24.3 Å². The maximum Gasteiger partial charge on any atom is 0.534 e. The summed E-state index contributed by atoms with van der Waals surface area (Å²) in [4.78, 5) is 29.0. The summed E-state index contributed by atoms with van der Waals surface area (Å²) >= 11 is 0. The van der Waals surface area contributed by atoms with Crippen LogP contribution in [0.2, 0.25) is 0 Å². The number of benzene rings is 1. The monoisotopic (exact) mass is 295 g/mol. The zero-order chi connectivity index (χ0) is 16.0. The molecule has 0 aromatic heterocycles. The number of rotatable bonds is 3. The fourth-order valence-corrected chi connectivity index (χ4v) is 1.46. The molecule has 0 saturated carbocycles. The van der Waals surface area contributed by atoms with Gasteiger partial charge in [0.2, 0.25) is 0 Å². The van der Waals surface area contributed by atoms with E-state index in [0.717, 1.165) is 5.06 Å². The Hall–Kier alpha value is -2.08. The normalized spacial score (nSPS) is 12.4. The third-order valence-electron chi connectivity index (χ3n) is 2.45. The minimum atomic E-state index is -0.993. The summed E-state index contributed by atoms with van der Waals surface area (Å²) in [5.74, 6) is -0.525. The molecule has 1 aromatic carbocycles. The average Bonchev–Trinajstić information content (AvgIpc) is 2.42. The van der Waals surface area contributed by atoms with Crippen LogP contribution in [0.4, 0.5) is 4.79 Å². The molecule has 0 spiro atoms. The highest BCUT2D eigenvalue weighted by Gasteiger charge is 2.28. The lowest BCUT2D eigenvalue weighted by molar-refractivity contribution is -0.139. The van der Waals surface area contributed by atoms with Crippen LogP contribution in [0, 0.1) is 0 Å². The van der Waals surface area contributed by atoms with Gasteiger partial charge in [-0.15, -0.1) is 0 Å². The van der Waals surface area contributed by atoms with Gasteiger partial charge in [-0.2, -0.15) is 5.06 Å². The van der Waals surface area contributed by atoms with Crippen LogP contribution in [-0.2, 0) is 9.57 Å². The van der Waals surface area contributed by atoms with Crippen LogP contribution in [0.5, 0.6) is 0 Å². The maximum absolute atomic E-state index is 12.3. The summed E-state index contributed by atoms with van der Waals surface area (Å²) < 4.78 is 5.01. The predicted octanol–water partition coefficient (Wildman–Crippen LogP) is 2.38. The Labute approximate surface area is 124 Å². The van der Waals surface area contributed by atoms with E-state index in [2.05, 4.69) is 0 Å². The largest absolute Gasteiger partial charge is 0.534 e. The van der Waals surface area contributed by atoms with Crippen LogP contribution in [0.25, 0.3) is 0 Å². The molecule has 1 amide bonds. The molecule has 1 rings (SSSR count). The second-order valence-corrected chi connectivity index (χ2v) is 5.58. The van der Waals surface area contributed by atoms with Crippen LogP contribution in [0.15, 0.2) is 30.3 Å². The van der Waals surface area contributed by atoms with Crippen molar-refractivity contribution in [2.24, 2.45) is 0 Å². The van der Waals surface area contributed by atoms with Gasteiger partial charge in [0.15, 0.2) is 0 Å². The molecule has 0 aliphatic rings. The molecule has 116 valence electrons. The quantitative estimate of drug-likeness (QED) is 0.684. The molecular formula is C15H21NO5. The van der Waals surface area contributed by atoms with E-state index >= 15 is 0 Å². The van der Waals surface area contributed by atoms with Gasteiger partial charge in [-0.25, -0.2) is 4.79 Å². The van der Waals surface area contributed by atoms with Gasteiger partial charge in [0.05, 0.1) is 12.6 Å². The van der Waals surface area contributed by atoms with Gasteiger partial charge in [0.1, 0.15) is 5.60 Å². The Kier molecular flexibility index (Phi) is 5.72. The summed E-state index contributed by atoms with van der Waals surface area (Å²) in [6.07, 6.45) is -0.993. The lowest BCUT2D eigenvalue weighted by atomic mass is 10.2. The first-order valence-electron chi connectivity index (χ1n) is 6.65. The minimum absolute atomic E-state index is 0.346. The van der Waals surface area contributed by atoms with Crippen LogP contribution in [0.1, 0.15) is 38.1 Å². The number of aliphatic hydroxyl groups is 1. The van der Waals surface area contributed by atoms with E-state index < -0.39 is 23.7 Å². The highest BCUT2D eigenvalue weighted by molar-refractivity contribution is 5.94. The number of amides is 1. The molecule has 1 aromatic rings. The van der Waals surface area contributed by atoms with Crippen molar-refractivity contribution in [3.8, 4) is 0 Å². The third-order valence-corrected chi connectivity index (χ3v) is 2.45. The predicted molar refractivity (Wildman–Crippen MR) is 76.5 cm³/mol. The molecule has 0 aliphatic heterocycles. The molecule has 21 heavy (non-hydrogen) atoms. The topological polar surface area (TPSA) is 76.1 Å². The van der Waals surface area contributed by atoms with E-state index in [1.165, 1.54) is 0 Å². The number of nitrogens with zero attached hydrogens (tertiary/aromatic N) is 1. The van der Waals surface area contributed by atoms with Gasteiger partial charge in [-0.3, -0.25) is 4.79 Å². The van der Waals surface area contributed by atoms with Crippen LogP contribution in [-0.4, -0.2) is 40.5 Å². The molecule has 0 saturated heterocycles. The molecule has 0 radical (unpaired) electrons. The van der Waals surface area contributed by atoms with Crippen molar-refractivity contribution >= 4 is 12.1 Å². The van der Waals surface area contributed by atoms with Crippen molar-refractivity contribution in [3.05, 3.63) is 35.9 Å². The van der Waals surface area contributed by atoms with Gasteiger partial charge in [-0.05, 0) is 39.8 Å². The van der Waals surface area contributed by atoms with E-state index in [0.29, 0.717) is 5.56 Å². The first-order chi connectivity index (χ1) is 9.74. The van der Waals surface area contributed by atoms with Gasteiger partial charge in [-0.1, -0.05) is 18.2 Å². The Morgan fingerprint density at radius 1 is 1.24 bits per heavy atom. The van der Waals surface area contributed by atoms with Crippen molar-refractivity contribution in [1.82, 2.24) is 5.06 Å². The number of carbonyl (C=O) groups is 2. The van der Waals surface area contributed by atoms with E-state index in [9.17, 15) is 14.7 Å². The van der Waals surface area contributed by atoms with Crippen molar-refractivity contribution in [2.75, 3.05) is 6.61 Å². The fourth-order valence-electron chi connectivity index (χ4n) is 1.46. The van der Waals surface area contributed by atoms with Crippen molar-refractivity contribution in [1.29, 1.82) is 0 Å². The first-order valence-corrected chi connectivity index (χ1v) is 6.65. The summed E-state index contributed by atoms with van der Waals surface area (Å²) in [5, 5.41) is 10.0. The van der Waals surface area contributed by atoms with Crippen molar-refractivity contribution in [3.63, 3.8) is 0 Å². The Balaban J connectivity index is 2.87. The highest BCUT2D eigenvalue weighted by Crippen LogP contribution is 2.13. The molecule has 0 heterocycles. The number of hydrogen-bond donors (Lipinski definition) is 1. The van der Waals surface area contributed by atoms with Crippen LogP contribution >= 0.6 is 0 Å². The van der Waals surface area contributed by atoms with Gasteiger partial charge >= 0.3 is 6.16 Å². The molecule has 0 aliphatic carbocycles. The van der Waals surface area contributed by atoms with Crippen LogP contribution < -0.4 is 0 Å². The fraction of sp³-hybridized carbons (Fsp3) is 0.467. The first kappa shape index (κ1) is 17.0. The second kappa shape index (κ2) is 7.08. The van der Waals surface area contributed by atoms with Gasteiger partial charge < -0.3 is 14.7 Å². The molecule has 0 bridgehead atoms. The number of carbonyl (C=O) groups excluding carboxylic acids is 2. The van der Waals surface area contributed by atoms with Gasteiger partial charge in [0.25, 0.3) is 5.91 Å². The minimum Gasteiger partial charge on any atom is -0.427 e. The standard InChI is InChI=1S/C15H21NO5/c1-11(10-17)16(21-14(19)20-15(2,3)4)13(18)12-8-6-5-7-9-12/h5-9,11,17H,10H2,1-4H3/t11-/m1/s1. The highest BCUT2D eigenvalue weighted by atomic mass is 16.8. The Bertz CT molecular complexity index is 481. The van der Waals surface area contributed by atoms with E-state index in [4.69, 9.17) is 9.57 Å². The summed E-state index contributed by atoms with van der Waals surface area (Å²) in [5.41, 5.74) is -0.387. The Morgan fingerprint density at radius 2 is 1.81 bits per heavy atom. The second-order valence-electron chi connectivity index (χ2n) is 5.58. The number of ether oxygens (including phenoxy) is 1. The van der Waals surface area contributed by atoms with E-state index in [1.54, 1.807) is 58.0 Å². The lowest BCUT2D eigenvalue weighted by Crippen LogP contribution is -2.43. The van der Waals surface area contributed by atoms with Crippen LogP contribution in [0.3, 0.4) is 0 Å². The number of hydroxylamine groups is 2. The summed E-state index contributed by atoms with van der Waals surface area (Å²) in [7, 11) is 0. The SMILES string of the molecule is C[C@H](CO)N(OC(=O)OC(C)(C)C)C(=O)c1ccccc1. The Morgan fingerprint density at radius 3 is 2.29 bits per heavy atom. The molecule has 6 heteroatoms. The van der Waals surface area contributed by atoms with Crippen molar-refractivity contribution in [2.45, 2.75) is 39.3 Å². The molecule has 6 nitrogen and oxygen atoms in total. The third kappa shape index (κ3) is 5.43. The smallest absolute Gasteiger partial charge is 0.427 e. The number of aliphatic hydroxyl groups excluding tert-OH is 1. The maximum atomic E-state index is 12.3. The molecule has 1 N–H and O–H groups in total. The molecule has 0 fully saturated rings. The molecule has 1 atom stereocenters. The zero-order valence-corrected chi connectivity index (χ0v) is 12.7. The molecule has 0 unspecified atom stereocenters. The average molecular weight is 295 g/mol. The number of hydrogen-bond acceptors (Lipinski definition) is 5. The molecular weight excluding hydrogens is 274 g/mol. The zero-order valence-electron chi connectivity index (χ0n) is 12.7. The van der Waals surface area contributed by atoms with E-state index in [-0.39, 0.29) is 6.61 Å². The van der Waals surface area contributed by atoms with Gasteiger partial charge in [0, 0.05) is 5.56 Å². The summed E-state index contributed by atoms with van der Waals surface area (Å²) in [6.45, 7) is 6.28.